The number of carbonyl (C=O) groups excluding carboxylic acids is 3. The SMILES string of the molecule is COC(=O)[C@@H]1C(=O)N(Cc2ccc(Br)cc2F)C(=O)c2ccc(F)cc21. The molecular formula is C18H12BrF2NO4. The number of carbonyl (C=O) groups is 3. The molecule has 0 radical (unpaired) electrons. The lowest BCUT2D eigenvalue weighted by Crippen LogP contribution is -2.47. The Kier molecular flexibility index (Phi) is 4.86. The van der Waals surface area contributed by atoms with E-state index in [4.69, 9.17) is 0 Å². The van der Waals surface area contributed by atoms with E-state index < -0.39 is 35.3 Å². The molecule has 0 saturated heterocycles. The topological polar surface area (TPSA) is 63.7 Å². The molecule has 0 bridgehead atoms. The van der Waals surface area contributed by atoms with Gasteiger partial charge in [0.05, 0.1) is 13.7 Å². The van der Waals surface area contributed by atoms with Gasteiger partial charge in [0.1, 0.15) is 11.6 Å². The molecule has 5 nitrogen and oxygen atoms in total. The highest BCUT2D eigenvalue weighted by Gasteiger charge is 2.43. The summed E-state index contributed by atoms with van der Waals surface area (Å²) in [6.07, 6.45) is 0. The van der Waals surface area contributed by atoms with Crippen molar-refractivity contribution in [3.8, 4) is 0 Å². The van der Waals surface area contributed by atoms with Gasteiger partial charge in [0, 0.05) is 15.6 Å². The van der Waals surface area contributed by atoms with E-state index in [-0.39, 0.29) is 23.2 Å². The molecule has 8 heteroatoms. The smallest absolute Gasteiger partial charge is 0.322 e. The summed E-state index contributed by atoms with van der Waals surface area (Å²) in [6, 6.07) is 7.41. The van der Waals surface area contributed by atoms with E-state index in [9.17, 15) is 23.2 Å². The fraction of sp³-hybridized carbons (Fsp3) is 0.167. The van der Waals surface area contributed by atoms with E-state index in [1.54, 1.807) is 6.07 Å². The molecule has 1 aliphatic rings. The van der Waals surface area contributed by atoms with Crippen molar-refractivity contribution in [2.24, 2.45) is 0 Å². The third kappa shape index (κ3) is 3.12. The lowest BCUT2D eigenvalue weighted by atomic mass is 9.88. The van der Waals surface area contributed by atoms with Gasteiger partial charge in [-0.1, -0.05) is 22.0 Å². The number of methoxy groups -OCH3 is 1. The molecular weight excluding hydrogens is 412 g/mol. The molecule has 0 saturated carbocycles. The van der Waals surface area contributed by atoms with Gasteiger partial charge in [-0.2, -0.15) is 0 Å². The van der Waals surface area contributed by atoms with Crippen molar-refractivity contribution in [1.29, 1.82) is 0 Å². The van der Waals surface area contributed by atoms with Crippen molar-refractivity contribution in [3.63, 3.8) is 0 Å². The zero-order valence-electron chi connectivity index (χ0n) is 13.5. The molecule has 2 aromatic rings. The van der Waals surface area contributed by atoms with Crippen LogP contribution in [-0.4, -0.2) is 29.8 Å². The van der Waals surface area contributed by atoms with Crippen molar-refractivity contribution < 1.29 is 27.9 Å². The molecule has 3 rings (SSSR count). The Morgan fingerprint density at radius 3 is 2.58 bits per heavy atom. The molecule has 134 valence electrons. The van der Waals surface area contributed by atoms with Crippen LogP contribution in [0.2, 0.25) is 0 Å². The van der Waals surface area contributed by atoms with Crippen LogP contribution in [0.25, 0.3) is 0 Å². The highest BCUT2D eigenvalue weighted by atomic mass is 79.9. The second-order valence-corrected chi connectivity index (χ2v) is 6.57. The number of nitrogens with zero attached hydrogens (tertiary/aromatic N) is 1. The maximum absolute atomic E-state index is 14.1. The first kappa shape index (κ1) is 18.2. The van der Waals surface area contributed by atoms with Gasteiger partial charge in [0.15, 0.2) is 5.92 Å². The van der Waals surface area contributed by atoms with Crippen molar-refractivity contribution in [2.45, 2.75) is 12.5 Å². The summed E-state index contributed by atoms with van der Waals surface area (Å²) < 4.78 is 32.8. The van der Waals surface area contributed by atoms with Crippen LogP contribution in [0.3, 0.4) is 0 Å². The van der Waals surface area contributed by atoms with Crippen LogP contribution >= 0.6 is 15.9 Å². The molecule has 2 amide bonds. The van der Waals surface area contributed by atoms with E-state index in [1.165, 1.54) is 18.2 Å². The van der Waals surface area contributed by atoms with Crippen molar-refractivity contribution in [3.05, 3.63) is 69.2 Å². The molecule has 1 atom stereocenters. The maximum Gasteiger partial charge on any atom is 0.322 e. The average Bonchev–Trinajstić information content (AvgIpc) is 2.59. The van der Waals surface area contributed by atoms with Gasteiger partial charge < -0.3 is 4.74 Å². The zero-order chi connectivity index (χ0) is 19.0. The lowest BCUT2D eigenvalue weighted by Gasteiger charge is -2.31. The number of halogens is 3. The van der Waals surface area contributed by atoms with Crippen LogP contribution in [0.5, 0.6) is 0 Å². The third-order valence-electron chi connectivity index (χ3n) is 4.09. The number of hydrogen-bond acceptors (Lipinski definition) is 4. The van der Waals surface area contributed by atoms with Crippen LogP contribution in [-0.2, 0) is 20.9 Å². The molecule has 0 unspecified atom stereocenters. The quantitative estimate of drug-likeness (QED) is 0.432. The second kappa shape index (κ2) is 6.95. The number of amides is 2. The van der Waals surface area contributed by atoms with Gasteiger partial charge in [-0.3, -0.25) is 19.3 Å². The number of benzene rings is 2. The monoisotopic (exact) mass is 423 g/mol. The van der Waals surface area contributed by atoms with E-state index >= 15 is 0 Å². The molecule has 0 spiro atoms. The van der Waals surface area contributed by atoms with E-state index in [0.717, 1.165) is 24.1 Å². The van der Waals surface area contributed by atoms with Gasteiger partial charge in [-0.15, -0.1) is 0 Å². The molecule has 0 aliphatic carbocycles. The number of ether oxygens (including phenoxy) is 1. The largest absolute Gasteiger partial charge is 0.468 e. The first-order chi connectivity index (χ1) is 12.3. The Hall–Kier alpha value is -2.61. The minimum absolute atomic E-state index is 0.00100. The number of rotatable bonds is 3. The van der Waals surface area contributed by atoms with Crippen molar-refractivity contribution in [2.75, 3.05) is 7.11 Å². The molecule has 0 aromatic heterocycles. The van der Waals surface area contributed by atoms with Crippen molar-refractivity contribution >= 4 is 33.7 Å². The molecule has 2 aromatic carbocycles. The normalized spacial score (nSPS) is 16.5. The molecule has 1 aliphatic heterocycles. The minimum atomic E-state index is -1.48. The summed E-state index contributed by atoms with van der Waals surface area (Å²) >= 11 is 3.13. The summed E-state index contributed by atoms with van der Waals surface area (Å²) in [5, 5.41) is 0. The number of fused-ring (bicyclic) bond motifs is 1. The minimum Gasteiger partial charge on any atom is -0.468 e. The van der Waals surface area contributed by atoms with Crippen LogP contribution in [0.1, 0.15) is 27.4 Å². The average molecular weight is 424 g/mol. The summed E-state index contributed by atoms with van der Waals surface area (Å²) in [6.45, 7) is -0.360. The molecule has 0 N–H and O–H groups in total. The predicted octanol–water partition coefficient (Wildman–Crippen LogP) is 3.17. The lowest BCUT2D eigenvalue weighted by molar-refractivity contribution is -0.149. The van der Waals surface area contributed by atoms with Crippen LogP contribution < -0.4 is 0 Å². The third-order valence-corrected chi connectivity index (χ3v) is 4.59. The Bertz CT molecular complexity index is 931. The maximum atomic E-state index is 14.1. The second-order valence-electron chi connectivity index (χ2n) is 5.65. The summed E-state index contributed by atoms with van der Waals surface area (Å²) in [7, 11) is 1.09. The number of hydrogen-bond donors (Lipinski definition) is 0. The zero-order valence-corrected chi connectivity index (χ0v) is 15.0. The van der Waals surface area contributed by atoms with E-state index in [2.05, 4.69) is 20.7 Å². The first-order valence-electron chi connectivity index (χ1n) is 7.50. The van der Waals surface area contributed by atoms with Crippen molar-refractivity contribution in [1.82, 2.24) is 4.90 Å². The Morgan fingerprint density at radius 1 is 1.19 bits per heavy atom. The van der Waals surface area contributed by atoms with E-state index in [0.29, 0.717) is 4.47 Å². The molecule has 26 heavy (non-hydrogen) atoms. The highest BCUT2D eigenvalue weighted by molar-refractivity contribution is 9.10. The summed E-state index contributed by atoms with van der Waals surface area (Å²) in [4.78, 5) is 38.3. The summed E-state index contributed by atoms with van der Waals surface area (Å²) in [5.74, 6) is -5.32. The number of imide groups is 1. The van der Waals surface area contributed by atoms with Gasteiger partial charge in [-0.05, 0) is 35.9 Å². The molecule has 1 heterocycles. The Morgan fingerprint density at radius 2 is 1.92 bits per heavy atom. The van der Waals surface area contributed by atoms with Gasteiger partial charge in [0.25, 0.3) is 5.91 Å². The van der Waals surface area contributed by atoms with Gasteiger partial charge >= 0.3 is 5.97 Å². The standard InChI is InChI=1S/C18H12BrF2NO4/c1-26-18(25)15-13-7-11(20)4-5-12(13)16(23)22(17(15)24)8-9-2-3-10(19)6-14(9)21/h2-7,15H,8H2,1H3/t15-/m0/s1. The van der Waals surface area contributed by atoms with Gasteiger partial charge in [0.2, 0.25) is 5.91 Å². The molecule has 0 fully saturated rings. The fourth-order valence-electron chi connectivity index (χ4n) is 2.82. The highest BCUT2D eigenvalue weighted by Crippen LogP contribution is 2.32. The fourth-order valence-corrected chi connectivity index (χ4v) is 3.15. The van der Waals surface area contributed by atoms with E-state index in [1.807, 2.05) is 0 Å². The van der Waals surface area contributed by atoms with Crippen LogP contribution in [0.4, 0.5) is 8.78 Å². The van der Waals surface area contributed by atoms with Crippen LogP contribution in [0.15, 0.2) is 40.9 Å². The number of esters is 1. The summed E-state index contributed by atoms with van der Waals surface area (Å²) in [5.41, 5.74) is 0.0439. The Balaban J connectivity index is 2.07. The predicted molar refractivity (Wildman–Crippen MR) is 90.1 cm³/mol. The van der Waals surface area contributed by atoms with Crippen LogP contribution in [0, 0.1) is 11.6 Å². The first-order valence-corrected chi connectivity index (χ1v) is 8.29. The van der Waals surface area contributed by atoms with Gasteiger partial charge in [-0.25, -0.2) is 8.78 Å². The Labute approximate surface area is 155 Å².